The van der Waals surface area contributed by atoms with Crippen molar-refractivity contribution >= 4 is 45.9 Å². The molecule has 0 fully saturated rings. The van der Waals surface area contributed by atoms with Crippen molar-refractivity contribution in [1.29, 1.82) is 0 Å². The second kappa shape index (κ2) is 8.51. The molecule has 126 valence electrons. The van der Waals surface area contributed by atoms with Gasteiger partial charge in [0.2, 0.25) is 5.91 Å². The maximum Gasteiger partial charge on any atom is 0.341 e. The third-order valence-corrected chi connectivity index (χ3v) is 4.79. The molecule has 0 saturated heterocycles. The predicted molar refractivity (Wildman–Crippen MR) is 94.7 cm³/mol. The van der Waals surface area contributed by atoms with Crippen molar-refractivity contribution in [3.63, 3.8) is 0 Å². The fourth-order valence-corrected chi connectivity index (χ4v) is 3.49. The Bertz CT molecular complexity index is 742. The van der Waals surface area contributed by atoms with Gasteiger partial charge < -0.3 is 15.2 Å². The molecule has 6 nitrogen and oxygen atoms in total. The first kappa shape index (κ1) is 18.0. The van der Waals surface area contributed by atoms with E-state index in [0.717, 1.165) is 17.3 Å². The van der Waals surface area contributed by atoms with Gasteiger partial charge >= 0.3 is 11.9 Å². The summed E-state index contributed by atoms with van der Waals surface area (Å²) in [7, 11) is 1.28. The van der Waals surface area contributed by atoms with Gasteiger partial charge in [0.1, 0.15) is 10.6 Å². The zero-order valence-corrected chi connectivity index (χ0v) is 14.4. The molecule has 0 spiro atoms. The molecular formula is C16H15NO5S2. The number of hydrogen-bond donors (Lipinski definition) is 2. The van der Waals surface area contributed by atoms with E-state index in [2.05, 4.69) is 5.32 Å². The van der Waals surface area contributed by atoms with E-state index in [0.29, 0.717) is 16.1 Å². The van der Waals surface area contributed by atoms with Gasteiger partial charge in [0, 0.05) is 10.9 Å². The summed E-state index contributed by atoms with van der Waals surface area (Å²) in [6.45, 7) is 0. The van der Waals surface area contributed by atoms with Gasteiger partial charge in [-0.3, -0.25) is 9.59 Å². The Hall–Kier alpha value is -2.32. The number of hydrogen-bond acceptors (Lipinski definition) is 6. The van der Waals surface area contributed by atoms with Gasteiger partial charge in [0.25, 0.3) is 0 Å². The van der Waals surface area contributed by atoms with E-state index >= 15 is 0 Å². The fourth-order valence-electron chi connectivity index (χ4n) is 1.98. The summed E-state index contributed by atoms with van der Waals surface area (Å²) < 4.78 is 4.83. The molecule has 2 rings (SSSR count). The normalized spacial score (nSPS) is 10.2. The third kappa shape index (κ3) is 4.59. The minimum Gasteiger partial charge on any atom is -0.481 e. The van der Waals surface area contributed by atoms with Gasteiger partial charge in [0.05, 0.1) is 18.6 Å². The SMILES string of the molecule is COC(=O)c1c(-c2ccccc2)csc1NC(=O)CSCC(=O)O. The largest absolute Gasteiger partial charge is 0.481 e. The lowest BCUT2D eigenvalue weighted by molar-refractivity contribution is -0.133. The number of carboxylic acid groups (broad SMARTS) is 1. The summed E-state index contributed by atoms with van der Waals surface area (Å²) in [5, 5.41) is 13.4. The minimum absolute atomic E-state index is 0.00845. The molecule has 0 saturated carbocycles. The molecule has 1 aromatic carbocycles. The van der Waals surface area contributed by atoms with E-state index in [-0.39, 0.29) is 17.4 Å². The van der Waals surface area contributed by atoms with E-state index in [9.17, 15) is 14.4 Å². The number of thioether (sulfide) groups is 1. The number of thiophene rings is 1. The number of nitrogens with one attached hydrogen (secondary N) is 1. The Morgan fingerprint density at radius 1 is 1.21 bits per heavy atom. The van der Waals surface area contributed by atoms with Crippen molar-refractivity contribution in [2.45, 2.75) is 0 Å². The van der Waals surface area contributed by atoms with Crippen LogP contribution >= 0.6 is 23.1 Å². The molecule has 1 aromatic heterocycles. The first-order valence-corrected chi connectivity index (χ1v) is 8.91. The zero-order chi connectivity index (χ0) is 17.5. The molecule has 2 N–H and O–H groups in total. The number of carboxylic acids is 1. The molecule has 0 radical (unpaired) electrons. The van der Waals surface area contributed by atoms with Crippen LogP contribution < -0.4 is 5.32 Å². The van der Waals surface area contributed by atoms with Crippen LogP contribution in [0.3, 0.4) is 0 Å². The summed E-state index contributed by atoms with van der Waals surface area (Å²) in [5.74, 6) is -2.05. The van der Waals surface area contributed by atoms with E-state index in [1.54, 1.807) is 5.38 Å². The van der Waals surface area contributed by atoms with Gasteiger partial charge in [-0.2, -0.15) is 0 Å². The standard InChI is InChI=1S/C16H15NO5S2/c1-22-16(21)14-11(10-5-3-2-4-6-10)7-24-15(14)17-12(18)8-23-9-13(19)20/h2-7H,8-9H2,1H3,(H,17,18)(H,19,20). The number of carbonyl (C=O) groups is 3. The maximum atomic E-state index is 12.1. The zero-order valence-electron chi connectivity index (χ0n) is 12.8. The van der Waals surface area contributed by atoms with Crippen molar-refractivity contribution in [2.75, 3.05) is 23.9 Å². The van der Waals surface area contributed by atoms with Crippen molar-refractivity contribution in [3.05, 3.63) is 41.3 Å². The number of methoxy groups -OCH3 is 1. The van der Waals surface area contributed by atoms with Gasteiger partial charge in [-0.1, -0.05) is 30.3 Å². The highest BCUT2D eigenvalue weighted by Crippen LogP contribution is 2.36. The molecule has 0 aliphatic rings. The smallest absolute Gasteiger partial charge is 0.341 e. The molecule has 0 aliphatic carbocycles. The highest BCUT2D eigenvalue weighted by molar-refractivity contribution is 8.00. The number of amides is 1. The Balaban J connectivity index is 2.21. The van der Waals surface area contributed by atoms with Crippen LogP contribution in [-0.2, 0) is 14.3 Å². The third-order valence-electron chi connectivity index (χ3n) is 2.98. The minimum atomic E-state index is -0.981. The van der Waals surface area contributed by atoms with Crippen molar-refractivity contribution < 1.29 is 24.2 Å². The average Bonchev–Trinajstić information content (AvgIpc) is 2.98. The lowest BCUT2D eigenvalue weighted by atomic mass is 10.0. The number of aliphatic carboxylic acids is 1. The number of anilines is 1. The molecular weight excluding hydrogens is 350 g/mol. The summed E-state index contributed by atoms with van der Waals surface area (Å²) in [4.78, 5) is 34.5. The lowest BCUT2D eigenvalue weighted by Gasteiger charge is -2.07. The summed E-state index contributed by atoms with van der Waals surface area (Å²) >= 11 is 2.21. The molecule has 24 heavy (non-hydrogen) atoms. The van der Waals surface area contributed by atoms with Crippen LogP contribution in [0.15, 0.2) is 35.7 Å². The molecule has 2 aromatic rings. The summed E-state index contributed by atoms with van der Waals surface area (Å²) in [5.41, 5.74) is 1.82. The second-order valence-corrected chi connectivity index (χ2v) is 6.51. The van der Waals surface area contributed by atoms with Crippen LogP contribution in [0.25, 0.3) is 11.1 Å². The Morgan fingerprint density at radius 3 is 2.54 bits per heavy atom. The van der Waals surface area contributed by atoms with Crippen molar-refractivity contribution in [3.8, 4) is 11.1 Å². The second-order valence-electron chi connectivity index (χ2n) is 4.65. The molecule has 0 atom stereocenters. The van der Waals surface area contributed by atoms with Gasteiger partial charge in [0.15, 0.2) is 0 Å². The Labute approximate surface area is 146 Å². The molecule has 0 bridgehead atoms. The first-order valence-electron chi connectivity index (χ1n) is 6.87. The maximum absolute atomic E-state index is 12.1. The lowest BCUT2D eigenvalue weighted by Crippen LogP contribution is -2.17. The predicted octanol–water partition coefficient (Wildman–Crippen LogP) is 2.96. The highest BCUT2D eigenvalue weighted by atomic mass is 32.2. The van der Waals surface area contributed by atoms with E-state index in [1.165, 1.54) is 18.4 Å². The number of benzene rings is 1. The summed E-state index contributed by atoms with van der Waals surface area (Å²) in [6.07, 6.45) is 0. The van der Waals surface area contributed by atoms with Gasteiger partial charge in [-0.25, -0.2) is 4.79 Å². The van der Waals surface area contributed by atoms with Gasteiger partial charge in [-0.05, 0) is 5.56 Å². The van der Waals surface area contributed by atoms with E-state index in [1.807, 2.05) is 30.3 Å². The molecule has 1 heterocycles. The molecule has 0 aliphatic heterocycles. The Morgan fingerprint density at radius 2 is 1.92 bits per heavy atom. The van der Waals surface area contributed by atoms with Crippen LogP contribution in [0.5, 0.6) is 0 Å². The van der Waals surface area contributed by atoms with Crippen LogP contribution in [-0.4, -0.2) is 41.6 Å². The quantitative estimate of drug-likeness (QED) is 0.733. The number of carbonyl (C=O) groups excluding carboxylic acids is 2. The van der Waals surface area contributed by atoms with Crippen LogP contribution in [0.1, 0.15) is 10.4 Å². The van der Waals surface area contributed by atoms with E-state index in [4.69, 9.17) is 9.84 Å². The number of rotatable bonds is 7. The van der Waals surface area contributed by atoms with E-state index < -0.39 is 11.9 Å². The average molecular weight is 365 g/mol. The topological polar surface area (TPSA) is 92.7 Å². The molecule has 0 unspecified atom stereocenters. The fraction of sp³-hybridized carbons (Fsp3) is 0.188. The van der Waals surface area contributed by atoms with Crippen LogP contribution in [0.2, 0.25) is 0 Å². The van der Waals surface area contributed by atoms with Crippen LogP contribution in [0.4, 0.5) is 5.00 Å². The first-order chi connectivity index (χ1) is 11.5. The summed E-state index contributed by atoms with van der Waals surface area (Å²) in [6, 6.07) is 9.31. The van der Waals surface area contributed by atoms with Crippen molar-refractivity contribution in [2.24, 2.45) is 0 Å². The van der Waals surface area contributed by atoms with Gasteiger partial charge in [-0.15, -0.1) is 23.1 Å². The highest BCUT2D eigenvalue weighted by Gasteiger charge is 2.22. The number of ether oxygens (including phenoxy) is 1. The number of esters is 1. The van der Waals surface area contributed by atoms with Crippen LogP contribution in [0, 0.1) is 0 Å². The Kier molecular flexibility index (Phi) is 6.39. The molecule has 1 amide bonds. The van der Waals surface area contributed by atoms with Crippen molar-refractivity contribution in [1.82, 2.24) is 0 Å². The molecule has 8 heteroatoms. The monoisotopic (exact) mass is 365 g/mol.